The first kappa shape index (κ1) is 14.9. The molecule has 2 aromatic rings. The first-order valence-corrected chi connectivity index (χ1v) is 7.31. The van der Waals surface area contributed by atoms with Crippen LogP contribution >= 0.6 is 15.9 Å². The summed E-state index contributed by atoms with van der Waals surface area (Å²) in [6.07, 6.45) is 0. The molecular formula is C15H20BrN3O. The van der Waals surface area contributed by atoms with Gasteiger partial charge in [-0.2, -0.15) is 0 Å². The Kier molecular flexibility index (Phi) is 3.82. The minimum Gasteiger partial charge on any atom is -0.393 e. The molecule has 4 nitrogen and oxygen atoms in total. The topological polar surface area (TPSA) is 52.9 Å². The number of nitrogens with zero attached hydrogens (tertiary/aromatic N) is 2. The van der Waals surface area contributed by atoms with E-state index in [1.54, 1.807) is 4.68 Å². The van der Waals surface area contributed by atoms with E-state index in [0.717, 1.165) is 15.7 Å². The third kappa shape index (κ3) is 2.68. The zero-order valence-corrected chi connectivity index (χ0v) is 13.9. The summed E-state index contributed by atoms with van der Waals surface area (Å²) in [5.41, 5.74) is 8.00. The van der Waals surface area contributed by atoms with E-state index in [1.165, 1.54) is 0 Å². The fourth-order valence-electron chi connectivity index (χ4n) is 2.50. The lowest BCUT2D eigenvalue weighted by molar-refractivity contribution is 0.461. The average molecular weight is 338 g/mol. The van der Waals surface area contributed by atoms with Crippen molar-refractivity contribution in [2.24, 2.45) is 7.05 Å². The van der Waals surface area contributed by atoms with Gasteiger partial charge < -0.3 is 5.73 Å². The van der Waals surface area contributed by atoms with Gasteiger partial charge in [0.15, 0.2) is 0 Å². The van der Waals surface area contributed by atoms with Crippen LogP contribution in [-0.4, -0.2) is 9.36 Å². The standard InChI is InChI=1S/C15H20BrN3O/c1-15(2,3)13-12(17)14(20)19(18(13)4)9-10-5-7-11(16)8-6-10/h5-8H,9,17H2,1-4H3. The fraction of sp³-hybridized carbons (Fsp3) is 0.400. The molecule has 0 amide bonds. The second-order valence-electron chi connectivity index (χ2n) is 6.03. The smallest absolute Gasteiger partial charge is 0.290 e. The van der Waals surface area contributed by atoms with E-state index in [9.17, 15) is 4.79 Å². The van der Waals surface area contributed by atoms with Gasteiger partial charge in [-0.25, -0.2) is 4.68 Å². The van der Waals surface area contributed by atoms with Crippen molar-refractivity contribution in [1.29, 1.82) is 0 Å². The minimum atomic E-state index is -0.164. The van der Waals surface area contributed by atoms with Gasteiger partial charge in [0, 0.05) is 16.9 Å². The number of nitrogen functional groups attached to an aromatic ring is 1. The summed E-state index contributed by atoms with van der Waals surface area (Å²) >= 11 is 3.41. The third-order valence-corrected chi connectivity index (χ3v) is 3.89. The number of halogens is 1. The molecule has 0 radical (unpaired) electrons. The average Bonchev–Trinajstić information content (AvgIpc) is 2.55. The molecule has 2 rings (SSSR count). The monoisotopic (exact) mass is 337 g/mol. The van der Waals surface area contributed by atoms with Crippen molar-refractivity contribution in [3.63, 3.8) is 0 Å². The highest BCUT2D eigenvalue weighted by molar-refractivity contribution is 9.10. The van der Waals surface area contributed by atoms with E-state index >= 15 is 0 Å². The predicted octanol–water partition coefficient (Wildman–Crippen LogP) is 2.88. The van der Waals surface area contributed by atoms with Crippen molar-refractivity contribution >= 4 is 21.6 Å². The second kappa shape index (κ2) is 5.13. The molecule has 1 aromatic heterocycles. The molecule has 0 fully saturated rings. The lowest BCUT2D eigenvalue weighted by Crippen LogP contribution is -2.24. The van der Waals surface area contributed by atoms with Crippen molar-refractivity contribution in [2.75, 3.05) is 5.73 Å². The normalized spacial score (nSPS) is 11.8. The lowest BCUT2D eigenvalue weighted by atomic mass is 9.91. The molecule has 5 heteroatoms. The van der Waals surface area contributed by atoms with Crippen molar-refractivity contribution in [3.05, 3.63) is 50.3 Å². The van der Waals surface area contributed by atoms with Gasteiger partial charge in [-0.15, -0.1) is 0 Å². The van der Waals surface area contributed by atoms with Gasteiger partial charge in [0.2, 0.25) is 0 Å². The highest BCUT2D eigenvalue weighted by Crippen LogP contribution is 2.25. The largest absolute Gasteiger partial charge is 0.393 e. The Hall–Kier alpha value is -1.49. The molecule has 0 spiro atoms. The summed E-state index contributed by atoms with van der Waals surface area (Å²) in [7, 11) is 1.89. The number of anilines is 1. The molecule has 20 heavy (non-hydrogen) atoms. The third-order valence-electron chi connectivity index (χ3n) is 3.36. The van der Waals surface area contributed by atoms with Gasteiger partial charge in [-0.3, -0.25) is 9.48 Å². The molecule has 108 valence electrons. The van der Waals surface area contributed by atoms with Crippen molar-refractivity contribution in [1.82, 2.24) is 9.36 Å². The molecule has 0 saturated carbocycles. The molecule has 1 aromatic carbocycles. The highest BCUT2D eigenvalue weighted by atomic mass is 79.9. The predicted molar refractivity (Wildman–Crippen MR) is 86.0 cm³/mol. The molecule has 0 saturated heterocycles. The van der Waals surface area contributed by atoms with Crippen LogP contribution in [0.15, 0.2) is 33.5 Å². The van der Waals surface area contributed by atoms with Crippen molar-refractivity contribution < 1.29 is 0 Å². The lowest BCUT2D eigenvalue weighted by Gasteiger charge is -2.21. The maximum absolute atomic E-state index is 12.3. The van der Waals surface area contributed by atoms with E-state index < -0.39 is 0 Å². The van der Waals surface area contributed by atoms with Crippen molar-refractivity contribution in [3.8, 4) is 0 Å². The summed E-state index contributed by atoms with van der Waals surface area (Å²) in [5, 5.41) is 0. The van der Waals surface area contributed by atoms with Crippen LogP contribution in [0.25, 0.3) is 0 Å². The maximum atomic E-state index is 12.3. The molecule has 0 aliphatic heterocycles. The highest BCUT2D eigenvalue weighted by Gasteiger charge is 2.25. The molecule has 0 aliphatic carbocycles. The van der Waals surface area contributed by atoms with Crippen molar-refractivity contribution in [2.45, 2.75) is 32.7 Å². The SMILES string of the molecule is Cn1c(C(C)(C)C)c(N)c(=O)n1Cc1ccc(Br)cc1. The number of hydrogen-bond donors (Lipinski definition) is 1. The molecule has 0 aliphatic rings. The summed E-state index contributed by atoms with van der Waals surface area (Å²) in [4.78, 5) is 12.3. The van der Waals surface area contributed by atoms with Crippen LogP contribution in [0, 0.1) is 0 Å². The Morgan fingerprint density at radius 2 is 1.75 bits per heavy atom. The van der Waals surface area contributed by atoms with E-state index in [2.05, 4.69) is 36.7 Å². The van der Waals surface area contributed by atoms with Gasteiger partial charge in [0.25, 0.3) is 5.56 Å². The summed E-state index contributed by atoms with van der Waals surface area (Å²) in [6.45, 7) is 6.69. The summed E-state index contributed by atoms with van der Waals surface area (Å²) < 4.78 is 4.58. The van der Waals surface area contributed by atoms with E-state index in [4.69, 9.17) is 5.73 Å². The fourth-order valence-corrected chi connectivity index (χ4v) is 2.77. The molecular weight excluding hydrogens is 318 g/mol. The zero-order chi connectivity index (χ0) is 15.1. The maximum Gasteiger partial charge on any atom is 0.290 e. The zero-order valence-electron chi connectivity index (χ0n) is 12.3. The van der Waals surface area contributed by atoms with Gasteiger partial charge in [-0.05, 0) is 17.7 Å². The Labute approximate surface area is 127 Å². The van der Waals surface area contributed by atoms with Gasteiger partial charge in [0.05, 0.1) is 12.2 Å². The minimum absolute atomic E-state index is 0.125. The molecule has 0 unspecified atom stereocenters. The molecule has 0 atom stereocenters. The van der Waals surface area contributed by atoms with Crippen LogP contribution in [0.2, 0.25) is 0 Å². The van der Waals surface area contributed by atoms with E-state index in [1.807, 2.05) is 36.0 Å². The second-order valence-corrected chi connectivity index (χ2v) is 6.94. The van der Waals surface area contributed by atoms with E-state index in [0.29, 0.717) is 12.2 Å². The van der Waals surface area contributed by atoms with Gasteiger partial charge in [-0.1, -0.05) is 48.8 Å². The molecule has 2 N–H and O–H groups in total. The number of benzene rings is 1. The van der Waals surface area contributed by atoms with E-state index in [-0.39, 0.29) is 11.0 Å². The Morgan fingerprint density at radius 3 is 2.20 bits per heavy atom. The van der Waals surface area contributed by atoms with Crippen LogP contribution in [-0.2, 0) is 19.0 Å². The van der Waals surface area contributed by atoms with Gasteiger partial charge in [0.1, 0.15) is 5.69 Å². The molecule has 0 bridgehead atoms. The van der Waals surface area contributed by atoms with Crippen LogP contribution in [0.3, 0.4) is 0 Å². The van der Waals surface area contributed by atoms with Crippen LogP contribution < -0.4 is 11.3 Å². The summed E-state index contributed by atoms with van der Waals surface area (Å²) in [6, 6.07) is 7.93. The Morgan fingerprint density at radius 1 is 1.20 bits per heavy atom. The first-order chi connectivity index (χ1) is 9.21. The summed E-state index contributed by atoms with van der Waals surface area (Å²) in [5.74, 6) is 0. The Balaban J connectivity index is 2.48. The number of aromatic nitrogens is 2. The number of hydrogen-bond acceptors (Lipinski definition) is 2. The Bertz CT molecular complexity index is 675. The van der Waals surface area contributed by atoms with Crippen LogP contribution in [0.5, 0.6) is 0 Å². The number of rotatable bonds is 2. The van der Waals surface area contributed by atoms with Crippen LogP contribution in [0.1, 0.15) is 32.0 Å². The molecule has 1 heterocycles. The first-order valence-electron chi connectivity index (χ1n) is 6.52. The number of nitrogens with two attached hydrogens (primary N) is 1. The van der Waals surface area contributed by atoms with Crippen LogP contribution in [0.4, 0.5) is 5.69 Å². The van der Waals surface area contributed by atoms with Gasteiger partial charge >= 0.3 is 0 Å². The quantitative estimate of drug-likeness (QED) is 0.915.